The van der Waals surface area contributed by atoms with Crippen LogP contribution in [0.5, 0.6) is 0 Å². The molecule has 4 fully saturated rings. The number of fused-ring (bicyclic) bond motifs is 2. The SMILES string of the molecule is CNC(=O)CCC(C=O)N(C=O)c1cccc(CCCCCC(=O)N2CCCC(S(=O)N3CCC(Nc4ncc5c(n4)N(C4CCCC4C)C(=O)C54CC4)CC3)C2)c1N(C)C. The van der Waals surface area contributed by atoms with Gasteiger partial charge in [-0.3, -0.25) is 24.1 Å². The van der Waals surface area contributed by atoms with E-state index in [1.54, 1.807) is 7.05 Å². The van der Waals surface area contributed by atoms with E-state index in [0.29, 0.717) is 62.8 Å². The summed E-state index contributed by atoms with van der Waals surface area (Å²) in [5.41, 5.74) is 3.11. The molecule has 1 aromatic heterocycles. The summed E-state index contributed by atoms with van der Waals surface area (Å²) >= 11 is 0. The van der Waals surface area contributed by atoms with E-state index in [0.717, 1.165) is 106 Å². The lowest BCUT2D eigenvalue weighted by Gasteiger charge is -2.37. The van der Waals surface area contributed by atoms with Crippen molar-refractivity contribution in [2.75, 3.05) is 67.3 Å². The van der Waals surface area contributed by atoms with Crippen LogP contribution in [0.3, 0.4) is 0 Å². The van der Waals surface area contributed by atoms with Crippen LogP contribution in [0.15, 0.2) is 24.4 Å². The number of unbranched alkanes of at least 4 members (excludes halogenated alkanes) is 2. The van der Waals surface area contributed by atoms with Gasteiger partial charge in [0.15, 0.2) is 0 Å². The summed E-state index contributed by atoms with van der Waals surface area (Å²) in [4.78, 5) is 80.2. The Labute approximate surface area is 363 Å². The van der Waals surface area contributed by atoms with E-state index in [-0.39, 0.29) is 47.9 Å². The maximum atomic E-state index is 13.9. The number of hydrogen-bond acceptors (Lipinski definition) is 10. The Hall–Kier alpha value is -4.44. The van der Waals surface area contributed by atoms with Crippen LogP contribution in [0.2, 0.25) is 0 Å². The van der Waals surface area contributed by atoms with Crippen molar-refractivity contribution in [2.45, 2.75) is 138 Å². The fourth-order valence-electron chi connectivity index (χ4n) is 10.2. The van der Waals surface area contributed by atoms with Crippen molar-refractivity contribution in [1.82, 2.24) is 24.5 Å². The molecular weight excluding hydrogens is 795 g/mol. The van der Waals surface area contributed by atoms with Gasteiger partial charge in [-0.1, -0.05) is 31.9 Å². The predicted octanol–water partition coefficient (Wildman–Crippen LogP) is 4.50. The van der Waals surface area contributed by atoms with E-state index in [1.165, 1.54) is 4.90 Å². The van der Waals surface area contributed by atoms with Crippen LogP contribution in [0.25, 0.3) is 0 Å². The number of hydrogen-bond donors (Lipinski definition) is 2. The molecule has 2 aliphatic carbocycles. The van der Waals surface area contributed by atoms with Gasteiger partial charge in [0.2, 0.25) is 30.1 Å². The first-order valence-corrected chi connectivity index (χ1v) is 23.8. The quantitative estimate of drug-likeness (QED) is 0.152. The number of amides is 4. The molecule has 2 saturated heterocycles. The number of piperidine rings is 2. The number of likely N-dealkylation sites (tertiary alicyclic amines) is 1. The Balaban J connectivity index is 0.857. The number of nitrogens with one attached hydrogen (secondary N) is 2. The highest BCUT2D eigenvalue weighted by Crippen LogP contribution is 2.58. The Kier molecular flexibility index (Phi) is 14.4. The lowest BCUT2D eigenvalue weighted by atomic mass is 10.0. The smallest absolute Gasteiger partial charge is 0.239 e. The second-order valence-corrected chi connectivity index (χ2v) is 19.8. The molecule has 61 heavy (non-hydrogen) atoms. The molecule has 4 heterocycles. The molecule has 5 atom stereocenters. The molecule has 332 valence electrons. The molecular formula is C45H65N9O6S. The molecule has 2 aromatic rings. The molecule has 5 unspecified atom stereocenters. The number of benzene rings is 1. The Morgan fingerprint density at radius 1 is 1.02 bits per heavy atom. The number of para-hydroxylation sites is 1. The third-order valence-electron chi connectivity index (χ3n) is 13.8. The van der Waals surface area contributed by atoms with Crippen molar-refractivity contribution >= 4 is 64.5 Å². The van der Waals surface area contributed by atoms with Crippen LogP contribution in [0, 0.1) is 5.92 Å². The first kappa shape index (κ1) is 44.6. The number of aromatic nitrogens is 2. The van der Waals surface area contributed by atoms with Crippen molar-refractivity contribution in [3.63, 3.8) is 0 Å². The van der Waals surface area contributed by atoms with Gasteiger partial charge < -0.3 is 30.1 Å². The fourth-order valence-corrected chi connectivity index (χ4v) is 11.8. The van der Waals surface area contributed by atoms with E-state index >= 15 is 0 Å². The van der Waals surface area contributed by atoms with Crippen molar-refractivity contribution in [3.05, 3.63) is 35.5 Å². The minimum absolute atomic E-state index is 0.0798. The summed E-state index contributed by atoms with van der Waals surface area (Å²) in [5.74, 6) is 1.97. The van der Waals surface area contributed by atoms with Crippen LogP contribution in [0.4, 0.5) is 23.1 Å². The van der Waals surface area contributed by atoms with Crippen LogP contribution < -0.4 is 25.3 Å². The minimum atomic E-state index is -1.19. The number of aryl methyl sites for hydroxylation is 1. The van der Waals surface area contributed by atoms with Crippen molar-refractivity contribution in [3.8, 4) is 0 Å². The number of carbonyl (C=O) groups is 5. The Morgan fingerprint density at radius 3 is 2.48 bits per heavy atom. The third kappa shape index (κ3) is 9.64. The van der Waals surface area contributed by atoms with Gasteiger partial charge in [0.25, 0.3) is 0 Å². The van der Waals surface area contributed by atoms with Gasteiger partial charge in [-0.2, -0.15) is 4.98 Å². The van der Waals surface area contributed by atoms with Gasteiger partial charge in [-0.15, -0.1) is 0 Å². The van der Waals surface area contributed by atoms with Crippen molar-refractivity contribution in [1.29, 1.82) is 0 Å². The van der Waals surface area contributed by atoms with E-state index in [1.807, 2.05) is 53.2 Å². The summed E-state index contributed by atoms with van der Waals surface area (Å²) in [5, 5.41) is 6.03. The molecule has 3 aliphatic heterocycles. The fraction of sp³-hybridized carbons (Fsp3) is 0.667. The second kappa shape index (κ2) is 19.7. The van der Waals surface area contributed by atoms with Gasteiger partial charge in [-0.05, 0) is 94.6 Å². The number of anilines is 4. The van der Waals surface area contributed by atoms with Crippen LogP contribution in [-0.2, 0) is 46.8 Å². The minimum Gasteiger partial charge on any atom is -0.376 e. The molecule has 2 N–H and O–H groups in total. The summed E-state index contributed by atoms with van der Waals surface area (Å²) in [6, 6.07) is 5.32. The number of nitrogens with zero attached hydrogens (tertiary/aromatic N) is 7. The lowest BCUT2D eigenvalue weighted by Crippen LogP contribution is -2.49. The monoisotopic (exact) mass is 859 g/mol. The van der Waals surface area contributed by atoms with Crippen molar-refractivity contribution < 1.29 is 28.2 Å². The van der Waals surface area contributed by atoms with Crippen molar-refractivity contribution in [2.24, 2.45) is 5.92 Å². The zero-order valence-electron chi connectivity index (χ0n) is 36.5. The molecule has 4 amide bonds. The Bertz CT molecular complexity index is 1950. The topological polar surface area (TPSA) is 168 Å². The highest BCUT2D eigenvalue weighted by atomic mass is 32.2. The maximum Gasteiger partial charge on any atom is 0.239 e. The first-order chi connectivity index (χ1) is 29.5. The summed E-state index contributed by atoms with van der Waals surface area (Å²) in [6.07, 6.45) is 15.6. The molecule has 5 aliphatic rings. The molecule has 16 heteroatoms. The predicted molar refractivity (Wildman–Crippen MR) is 238 cm³/mol. The number of carbonyl (C=O) groups excluding carboxylic acids is 5. The first-order valence-electron chi connectivity index (χ1n) is 22.6. The van der Waals surface area contributed by atoms with Gasteiger partial charge >= 0.3 is 0 Å². The molecule has 0 radical (unpaired) electrons. The molecule has 1 spiro atoms. The second-order valence-electron chi connectivity index (χ2n) is 18.1. The van der Waals surface area contributed by atoms with Gasteiger partial charge in [0.1, 0.15) is 12.1 Å². The number of rotatable bonds is 19. The zero-order chi connectivity index (χ0) is 43.3. The zero-order valence-corrected chi connectivity index (χ0v) is 37.3. The van der Waals surface area contributed by atoms with E-state index in [9.17, 15) is 28.2 Å². The van der Waals surface area contributed by atoms with E-state index < -0.39 is 22.4 Å². The number of aldehydes is 1. The Morgan fingerprint density at radius 2 is 1.80 bits per heavy atom. The summed E-state index contributed by atoms with van der Waals surface area (Å²) < 4.78 is 16.0. The molecule has 0 bridgehead atoms. The standard InChI is InChI=1S/C45H65N9O6S/c1-31-11-8-15-37(31)54-42-36(45(22-23-45)43(54)59)27-47-44(49-42)48-33-20-25-52(26-21-33)61(60)35-14-10-24-51(28-35)40(58)17-7-5-6-12-32-13-9-16-38(41(32)50(3)4)53(30-56)34(29-55)18-19-39(57)46-2/h9,13,16,27,29-31,33-35,37H,5-8,10-12,14-15,17-26,28H2,1-4H3,(H,46,57)(H,47,48,49). The van der Waals surface area contributed by atoms with Crippen LogP contribution in [0.1, 0.15) is 114 Å². The van der Waals surface area contributed by atoms with E-state index in [2.05, 4.69) is 26.8 Å². The van der Waals surface area contributed by atoms with Gasteiger partial charge in [0, 0.05) is 84.0 Å². The van der Waals surface area contributed by atoms with E-state index in [4.69, 9.17) is 4.98 Å². The lowest BCUT2D eigenvalue weighted by molar-refractivity contribution is -0.132. The molecule has 15 nitrogen and oxygen atoms in total. The maximum absolute atomic E-state index is 13.9. The highest BCUT2D eigenvalue weighted by Gasteiger charge is 2.62. The average Bonchev–Trinajstić information content (AvgIpc) is 3.92. The molecule has 2 saturated carbocycles. The van der Waals surface area contributed by atoms with Gasteiger partial charge in [-0.25, -0.2) is 13.5 Å². The molecule has 1 aromatic carbocycles. The summed E-state index contributed by atoms with van der Waals surface area (Å²) in [7, 11) is 4.17. The van der Waals surface area contributed by atoms with Crippen LogP contribution >= 0.6 is 0 Å². The molecule has 7 rings (SSSR count). The normalized spacial score (nSPS) is 23.3. The summed E-state index contributed by atoms with van der Waals surface area (Å²) in [6.45, 7) is 4.83. The average molecular weight is 860 g/mol. The largest absolute Gasteiger partial charge is 0.376 e. The highest BCUT2D eigenvalue weighted by molar-refractivity contribution is 7.83. The van der Waals surface area contributed by atoms with Gasteiger partial charge in [0.05, 0.1) is 39.1 Å². The third-order valence-corrected chi connectivity index (χ3v) is 15.7. The van der Waals surface area contributed by atoms with Crippen LogP contribution in [-0.4, -0.2) is 124 Å².